The molecule has 0 aliphatic rings. The molecular formula is C14H12FNO2. The topological polar surface area (TPSA) is 39.2 Å². The van der Waals surface area contributed by atoms with Gasteiger partial charge in [-0.1, -0.05) is 6.07 Å². The Morgan fingerprint density at radius 3 is 2.83 bits per heavy atom. The highest BCUT2D eigenvalue weighted by Gasteiger charge is 2.09. The van der Waals surface area contributed by atoms with Crippen LogP contribution in [0.3, 0.4) is 0 Å². The summed E-state index contributed by atoms with van der Waals surface area (Å²) in [7, 11) is 1.27. The highest BCUT2D eigenvalue weighted by molar-refractivity contribution is 5.89. The zero-order chi connectivity index (χ0) is 13.0. The van der Waals surface area contributed by atoms with Crippen molar-refractivity contribution < 1.29 is 13.9 Å². The summed E-state index contributed by atoms with van der Waals surface area (Å²) in [4.78, 5) is 15.4. The third-order valence-corrected chi connectivity index (χ3v) is 2.51. The van der Waals surface area contributed by atoms with Crippen molar-refractivity contribution in [2.24, 2.45) is 0 Å². The lowest BCUT2D eigenvalue weighted by Gasteiger charge is -2.05. The predicted octanol–water partition coefficient (Wildman–Crippen LogP) is 2.60. The molecule has 3 nitrogen and oxygen atoms in total. The van der Waals surface area contributed by atoms with Gasteiger partial charge >= 0.3 is 5.97 Å². The van der Waals surface area contributed by atoms with E-state index in [2.05, 4.69) is 9.72 Å². The average Bonchev–Trinajstić information content (AvgIpc) is 2.38. The molecule has 0 atom stereocenters. The first kappa shape index (κ1) is 12.2. The second kappa shape index (κ2) is 5.40. The maximum absolute atomic E-state index is 13.4. The van der Waals surface area contributed by atoms with E-state index in [0.717, 1.165) is 5.56 Å². The summed E-state index contributed by atoms with van der Waals surface area (Å²) < 4.78 is 18.0. The molecule has 2 aromatic rings. The van der Waals surface area contributed by atoms with Gasteiger partial charge in [0.05, 0.1) is 12.7 Å². The van der Waals surface area contributed by atoms with Crippen LogP contribution in [0.1, 0.15) is 21.5 Å². The third-order valence-electron chi connectivity index (χ3n) is 2.51. The predicted molar refractivity (Wildman–Crippen MR) is 64.8 cm³/mol. The highest BCUT2D eigenvalue weighted by Crippen LogP contribution is 2.14. The maximum Gasteiger partial charge on any atom is 0.337 e. The van der Waals surface area contributed by atoms with E-state index in [1.54, 1.807) is 18.5 Å². The monoisotopic (exact) mass is 245 g/mol. The van der Waals surface area contributed by atoms with E-state index >= 15 is 0 Å². The van der Waals surface area contributed by atoms with Gasteiger partial charge in [-0.3, -0.25) is 4.98 Å². The Morgan fingerprint density at radius 2 is 2.17 bits per heavy atom. The Balaban J connectivity index is 2.28. The lowest BCUT2D eigenvalue weighted by atomic mass is 10.0. The van der Waals surface area contributed by atoms with E-state index in [9.17, 15) is 9.18 Å². The second-order valence-corrected chi connectivity index (χ2v) is 3.88. The normalized spacial score (nSPS) is 10.1. The van der Waals surface area contributed by atoms with Crippen molar-refractivity contribution in [2.45, 2.75) is 6.42 Å². The van der Waals surface area contributed by atoms with Gasteiger partial charge in [0.2, 0.25) is 0 Å². The van der Waals surface area contributed by atoms with Crippen LogP contribution in [0.4, 0.5) is 4.39 Å². The first-order valence-corrected chi connectivity index (χ1v) is 5.46. The van der Waals surface area contributed by atoms with Gasteiger partial charge in [0.25, 0.3) is 0 Å². The number of ether oxygens (including phenoxy) is 1. The lowest BCUT2D eigenvalue weighted by Crippen LogP contribution is -2.03. The van der Waals surface area contributed by atoms with Crippen LogP contribution in [-0.2, 0) is 11.2 Å². The van der Waals surface area contributed by atoms with Gasteiger partial charge in [-0.05, 0) is 41.8 Å². The van der Waals surface area contributed by atoms with Gasteiger partial charge in [0.1, 0.15) is 5.82 Å². The number of methoxy groups -OCH3 is 1. The molecule has 0 radical (unpaired) electrons. The summed E-state index contributed by atoms with van der Waals surface area (Å²) in [6, 6.07) is 7.91. The van der Waals surface area contributed by atoms with Crippen molar-refractivity contribution in [3.05, 3.63) is 65.2 Å². The van der Waals surface area contributed by atoms with E-state index in [-0.39, 0.29) is 5.56 Å². The minimum atomic E-state index is -0.540. The molecule has 0 amide bonds. The molecule has 1 aromatic carbocycles. The van der Waals surface area contributed by atoms with Crippen molar-refractivity contribution in [1.82, 2.24) is 4.98 Å². The zero-order valence-electron chi connectivity index (χ0n) is 9.89. The minimum Gasteiger partial charge on any atom is -0.465 e. The fraction of sp³-hybridized carbons (Fsp3) is 0.143. The number of aromatic nitrogens is 1. The number of pyridine rings is 1. The SMILES string of the molecule is COC(=O)c1cc(F)cc(Cc2cccnc2)c1. The summed E-state index contributed by atoms with van der Waals surface area (Å²) in [6.07, 6.45) is 3.91. The van der Waals surface area contributed by atoms with Crippen LogP contribution >= 0.6 is 0 Å². The third kappa shape index (κ3) is 2.91. The van der Waals surface area contributed by atoms with Crippen LogP contribution in [0.25, 0.3) is 0 Å². The highest BCUT2D eigenvalue weighted by atomic mass is 19.1. The summed E-state index contributed by atoms with van der Waals surface area (Å²) in [5, 5.41) is 0. The standard InChI is InChI=1S/C14H12FNO2/c1-18-14(17)12-6-11(7-13(15)8-12)5-10-3-2-4-16-9-10/h2-4,6-9H,5H2,1H3. The summed E-state index contributed by atoms with van der Waals surface area (Å²) in [6.45, 7) is 0. The van der Waals surface area contributed by atoms with E-state index in [0.29, 0.717) is 12.0 Å². The maximum atomic E-state index is 13.4. The van der Waals surface area contributed by atoms with Crippen molar-refractivity contribution in [1.29, 1.82) is 0 Å². The van der Waals surface area contributed by atoms with Crippen molar-refractivity contribution in [3.63, 3.8) is 0 Å². The van der Waals surface area contributed by atoms with Gasteiger partial charge in [-0.25, -0.2) is 9.18 Å². The second-order valence-electron chi connectivity index (χ2n) is 3.88. The van der Waals surface area contributed by atoms with Crippen LogP contribution in [0.2, 0.25) is 0 Å². The first-order chi connectivity index (χ1) is 8.69. The van der Waals surface area contributed by atoms with Crippen molar-refractivity contribution in [3.8, 4) is 0 Å². The molecule has 0 saturated heterocycles. The summed E-state index contributed by atoms with van der Waals surface area (Å²) >= 11 is 0. The van der Waals surface area contributed by atoms with Crippen LogP contribution < -0.4 is 0 Å². The number of nitrogens with zero attached hydrogens (tertiary/aromatic N) is 1. The molecule has 0 spiro atoms. The number of halogens is 1. The van der Waals surface area contributed by atoms with E-state index in [4.69, 9.17) is 0 Å². The summed E-state index contributed by atoms with van der Waals surface area (Å²) in [5.74, 6) is -0.987. The smallest absolute Gasteiger partial charge is 0.337 e. The van der Waals surface area contributed by atoms with Crippen LogP contribution in [-0.4, -0.2) is 18.1 Å². The molecule has 1 aromatic heterocycles. The number of hydrogen-bond donors (Lipinski definition) is 0. The molecule has 0 N–H and O–H groups in total. The molecule has 18 heavy (non-hydrogen) atoms. The summed E-state index contributed by atoms with van der Waals surface area (Å²) in [5.41, 5.74) is 1.89. The number of carbonyl (C=O) groups is 1. The van der Waals surface area contributed by atoms with Crippen LogP contribution in [0, 0.1) is 5.82 Å². The number of hydrogen-bond acceptors (Lipinski definition) is 3. The van der Waals surface area contributed by atoms with Gasteiger partial charge < -0.3 is 4.74 Å². The van der Waals surface area contributed by atoms with Crippen molar-refractivity contribution in [2.75, 3.05) is 7.11 Å². The van der Waals surface area contributed by atoms with E-state index < -0.39 is 11.8 Å². The number of esters is 1. The van der Waals surface area contributed by atoms with Gasteiger partial charge in [0, 0.05) is 12.4 Å². The Kier molecular flexibility index (Phi) is 3.67. The largest absolute Gasteiger partial charge is 0.465 e. The molecule has 92 valence electrons. The Bertz CT molecular complexity index is 555. The van der Waals surface area contributed by atoms with Gasteiger partial charge in [0.15, 0.2) is 0 Å². The number of rotatable bonds is 3. The molecule has 4 heteroatoms. The molecule has 0 aliphatic carbocycles. The molecule has 0 aliphatic heterocycles. The number of benzene rings is 1. The van der Waals surface area contributed by atoms with Gasteiger partial charge in [-0.15, -0.1) is 0 Å². The van der Waals surface area contributed by atoms with Crippen molar-refractivity contribution >= 4 is 5.97 Å². The molecule has 0 saturated carbocycles. The average molecular weight is 245 g/mol. The Hall–Kier alpha value is -2.23. The molecule has 0 bridgehead atoms. The van der Waals surface area contributed by atoms with Crippen LogP contribution in [0.5, 0.6) is 0 Å². The first-order valence-electron chi connectivity index (χ1n) is 5.46. The molecule has 0 unspecified atom stereocenters. The lowest BCUT2D eigenvalue weighted by molar-refractivity contribution is 0.0600. The number of carbonyl (C=O) groups excluding carboxylic acids is 1. The Morgan fingerprint density at radius 1 is 1.33 bits per heavy atom. The van der Waals surface area contributed by atoms with Crippen LogP contribution in [0.15, 0.2) is 42.7 Å². The van der Waals surface area contributed by atoms with E-state index in [1.807, 2.05) is 12.1 Å². The molecule has 0 fully saturated rings. The minimum absolute atomic E-state index is 0.219. The molecular weight excluding hydrogens is 233 g/mol. The Labute approximate surface area is 104 Å². The quantitative estimate of drug-likeness (QED) is 0.780. The molecule has 1 heterocycles. The van der Waals surface area contributed by atoms with Gasteiger partial charge in [-0.2, -0.15) is 0 Å². The van der Waals surface area contributed by atoms with E-state index in [1.165, 1.54) is 19.2 Å². The fourth-order valence-corrected chi connectivity index (χ4v) is 1.73. The zero-order valence-corrected chi connectivity index (χ0v) is 9.89. The molecule has 2 rings (SSSR count). The fourth-order valence-electron chi connectivity index (χ4n) is 1.73.